The zero-order valence-corrected chi connectivity index (χ0v) is 19.4. The maximum atomic E-state index is 4.60. The monoisotopic (exact) mass is 456 g/mol. The molecule has 0 unspecified atom stereocenters. The normalized spacial score (nSPS) is 12.5. The first-order chi connectivity index (χ1) is 17.2. The van der Waals surface area contributed by atoms with Crippen molar-refractivity contribution in [2.45, 2.75) is 19.8 Å². The Balaban J connectivity index is 1.30. The van der Waals surface area contributed by atoms with Gasteiger partial charge < -0.3 is 9.13 Å². The molecular weight excluding hydrogens is 432 g/mol. The summed E-state index contributed by atoms with van der Waals surface area (Å²) in [6.45, 7) is 2.11. The van der Waals surface area contributed by atoms with E-state index in [4.69, 9.17) is 0 Å². The van der Waals surface area contributed by atoms with E-state index in [9.17, 15) is 0 Å². The SMILES string of the molecule is Cc1cc(-n2cccn2)n(-c2cccc(-c3cccc(-n4ccc5c4-n4nccc4CC5)c3)c2)c1. The lowest BCUT2D eigenvalue weighted by atomic mass is 10.0. The second kappa shape index (κ2) is 7.74. The molecule has 170 valence electrons. The Morgan fingerprint density at radius 1 is 0.714 bits per heavy atom. The van der Waals surface area contributed by atoms with Crippen LogP contribution in [0.3, 0.4) is 0 Å². The van der Waals surface area contributed by atoms with Crippen molar-refractivity contribution in [1.82, 2.24) is 28.7 Å². The van der Waals surface area contributed by atoms with E-state index in [0.717, 1.165) is 35.9 Å². The Labute approximate surface area is 203 Å². The van der Waals surface area contributed by atoms with E-state index < -0.39 is 0 Å². The molecule has 0 spiro atoms. The molecular formula is C29H24N6. The van der Waals surface area contributed by atoms with Crippen LogP contribution in [0, 0.1) is 6.92 Å². The Hall–Kier alpha value is -4.58. The molecule has 1 aliphatic rings. The van der Waals surface area contributed by atoms with Gasteiger partial charge in [-0.1, -0.05) is 24.3 Å². The smallest absolute Gasteiger partial charge is 0.142 e. The average molecular weight is 457 g/mol. The van der Waals surface area contributed by atoms with Gasteiger partial charge >= 0.3 is 0 Å². The van der Waals surface area contributed by atoms with Gasteiger partial charge in [-0.3, -0.25) is 0 Å². The van der Waals surface area contributed by atoms with Crippen LogP contribution in [0.4, 0.5) is 0 Å². The van der Waals surface area contributed by atoms with Crippen LogP contribution in [0.2, 0.25) is 0 Å². The Morgan fingerprint density at radius 3 is 2.29 bits per heavy atom. The van der Waals surface area contributed by atoms with Gasteiger partial charge in [0.15, 0.2) is 0 Å². The van der Waals surface area contributed by atoms with Gasteiger partial charge in [-0.2, -0.15) is 10.2 Å². The highest BCUT2D eigenvalue weighted by atomic mass is 15.3. The Bertz CT molecular complexity index is 1660. The van der Waals surface area contributed by atoms with Gasteiger partial charge in [0, 0.05) is 48.1 Å². The zero-order chi connectivity index (χ0) is 23.4. The van der Waals surface area contributed by atoms with Crippen molar-refractivity contribution in [3.05, 3.63) is 121 Å². The lowest BCUT2D eigenvalue weighted by Gasteiger charge is -2.18. The molecule has 0 N–H and O–H groups in total. The molecule has 6 aromatic rings. The fourth-order valence-corrected chi connectivity index (χ4v) is 5.12. The van der Waals surface area contributed by atoms with Crippen molar-refractivity contribution in [3.8, 4) is 34.1 Å². The van der Waals surface area contributed by atoms with Crippen molar-refractivity contribution in [2.24, 2.45) is 0 Å². The highest BCUT2D eigenvalue weighted by Crippen LogP contribution is 2.30. The minimum atomic E-state index is 1.02. The van der Waals surface area contributed by atoms with E-state index in [1.54, 1.807) is 6.20 Å². The van der Waals surface area contributed by atoms with Gasteiger partial charge in [0.1, 0.15) is 11.6 Å². The minimum absolute atomic E-state index is 1.02. The molecule has 0 bridgehead atoms. The molecule has 6 nitrogen and oxygen atoms in total. The summed E-state index contributed by atoms with van der Waals surface area (Å²) in [4.78, 5) is 0. The second-order valence-corrected chi connectivity index (χ2v) is 9.07. The van der Waals surface area contributed by atoms with E-state index in [-0.39, 0.29) is 0 Å². The van der Waals surface area contributed by atoms with E-state index in [1.807, 2.05) is 23.1 Å². The largest absolute Gasteiger partial charge is 0.302 e. The summed E-state index contributed by atoms with van der Waals surface area (Å²) < 4.78 is 8.43. The number of fused-ring (bicyclic) bond motifs is 3. The topological polar surface area (TPSA) is 45.5 Å². The number of nitrogens with zero attached hydrogens (tertiary/aromatic N) is 6. The first-order valence-electron chi connectivity index (χ1n) is 11.9. The number of rotatable bonds is 4. The quantitative estimate of drug-likeness (QED) is 0.341. The summed E-state index contributed by atoms with van der Waals surface area (Å²) in [6, 6.07) is 25.8. The molecule has 6 heteroatoms. The van der Waals surface area contributed by atoms with Crippen LogP contribution in [0.25, 0.3) is 34.1 Å². The third kappa shape index (κ3) is 3.26. The summed E-state index contributed by atoms with van der Waals surface area (Å²) in [5.41, 5.74) is 8.37. The highest BCUT2D eigenvalue weighted by molar-refractivity contribution is 5.69. The van der Waals surface area contributed by atoms with Gasteiger partial charge in [-0.15, -0.1) is 0 Å². The Morgan fingerprint density at radius 2 is 1.51 bits per heavy atom. The number of hydrogen-bond donors (Lipinski definition) is 0. The molecule has 0 radical (unpaired) electrons. The van der Waals surface area contributed by atoms with Crippen LogP contribution >= 0.6 is 0 Å². The number of benzene rings is 2. The standard InChI is InChI=1S/C29H24N6/c1-21-17-28(34-15-4-13-30-34)33(20-21)27-8-3-6-24(19-27)23-5-2-7-26(18-23)32-16-12-22-9-10-25-11-14-31-35(25)29(22)32/h2-8,11-20H,9-10H2,1H3. The van der Waals surface area contributed by atoms with Gasteiger partial charge in [0.2, 0.25) is 0 Å². The Kier molecular flexibility index (Phi) is 4.39. The fourth-order valence-electron chi connectivity index (χ4n) is 5.12. The van der Waals surface area contributed by atoms with E-state index in [2.05, 4.69) is 110 Å². The summed E-state index contributed by atoms with van der Waals surface area (Å²) in [5.74, 6) is 2.17. The summed E-state index contributed by atoms with van der Waals surface area (Å²) >= 11 is 0. The van der Waals surface area contributed by atoms with Crippen LogP contribution in [0.15, 0.2) is 104 Å². The van der Waals surface area contributed by atoms with Crippen molar-refractivity contribution in [1.29, 1.82) is 0 Å². The van der Waals surface area contributed by atoms with Crippen LogP contribution in [0.1, 0.15) is 16.8 Å². The molecule has 0 amide bonds. The number of hydrogen-bond acceptors (Lipinski definition) is 2. The molecule has 5 heterocycles. The van der Waals surface area contributed by atoms with Crippen molar-refractivity contribution < 1.29 is 0 Å². The molecule has 0 fully saturated rings. The van der Waals surface area contributed by atoms with Gasteiger partial charge in [0.25, 0.3) is 0 Å². The predicted octanol–water partition coefficient (Wildman–Crippen LogP) is 5.71. The van der Waals surface area contributed by atoms with Crippen LogP contribution in [0.5, 0.6) is 0 Å². The summed E-state index contributed by atoms with van der Waals surface area (Å²) in [5, 5.41) is 9.04. The van der Waals surface area contributed by atoms with E-state index in [1.165, 1.54) is 27.9 Å². The molecule has 0 aliphatic carbocycles. The maximum Gasteiger partial charge on any atom is 0.142 e. The first kappa shape index (κ1) is 19.9. The molecule has 0 saturated heterocycles. The lowest BCUT2D eigenvalue weighted by molar-refractivity contribution is 0.707. The maximum absolute atomic E-state index is 4.60. The fraction of sp³-hybridized carbons (Fsp3) is 0.103. The molecule has 0 saturated carbocycles. The third-order valence-electron chi connectivity index (χ3n) is 6.77. The molecule has 4 aromatic heterocycles. The predicted molar refractivity (Wildman–Crippen MR) is 137 cm³/mol. The van der Waals surface area contributed by atoms with Gasteiger partial charge in [-0.05, 0) is 90.6 Å². The van der Waals surface area contributed by atoms with Crippen molar-refractivity contribution >= 4 is 0 Å². The number of aromatic nitrogens is 6. The summed E-state index contributed by atoms with van der Waals surface area (Å²) in [6.07, 6.45) is 12.1. The minimum Gasteiger partial charge on any atom is -0.302 e. The molecule has 0 atom stereocenters. The first-order valence-corrected chi connectivity index (χ1v) is 11.9. The van der Waals surface area contributed by atoms with Gasteiger partial charge in [0.05, 0.1) is 0 Å². The number of aryl methyl sites for hydroxylation is 3. The third-order valence-corrected chi connectivity index (χ3v) is 6.77. The molecule has 7 rings (SSSR count). The van der Waals surface area contributed by atoms with Crippen LogP contribution in [-0.4, -0.2) is 28.7 Å². The van der Waals surface area contributed by atoms with Crippen LogP contribution < -0.4 is 0 Å². The summed E-state index contributed by atoms with van der Waals surface area (Å²) in [7, 11) is 0. The highest BCUT2D eigenvalue weighted by Gasteiger charge is 2.21. The van der Waals surface area contributed by atoms with Crippen molar-refractivity contribution in [2.75, 3.05) is 0 Å². The van der Waals surface area contributed by atoms with E-state index >= 15 is 0 Å². The van der Waals surface area contributed by atoms with Gasteiger partial charge in [-0.25, -0.2) is 9.36 Å². The average Bonchev–Trinajstić information content (AvgIpc) is 3.69. The van der Waals surface area contributed by atoms with E-state index in [0.29, 0.717) is 0 Å². The van der Waals surface area contributed by atoms with Crippen molar-refractivity contribution in [3.63, 3.8) is 0 Å². The molecule has 2 aromatic carbocycles. The zero-order valence-electron chi connectivity index (χ0n) is 19.4. The molecule has 35 heavy (non-hydrogen) atoms. The second-order valence-electron chi connectivity index (χ2n) is 9.07. The lowest BCUT2D eigenvalue weighted by Crippen LogP contribution is -2.15. The molecule has 1 aliphatic heterocycles. The van der Waals surface area contributed by atoms with Crippen LogP contribution in [-0.2, 0) is 12.8 Å².